The molecular formula is C93H87N9O3. The van der Waals surface area contributed by atoms with Gasteiger partial charge in [0, 0.05) is 69.0 Å². The van der Waals surface area contributed by atoms with Crippen LogP contribution < -0.4 is 28.9 Å². The number of nitrogens with zero attached hydrogens (tertiary/aromatic N) is 9. The van der Waals surface area contributed by atoms with Gasteiger partial charge in [-0.15, -0.1) is 0 Å². The van der Waals surface area contributed by atoms with Gasteiger partial charge in [-0.25, -0.2) is 0 Å². The molecule has 0 N–H and O–H groups in total. The molecule has 3 aliphatic rings. The number of aryl methyl sites for hydroxylation is 9. The Bertz CT molecular complexity index is 5870. The fourth-order valence-corrected chi connectivity index (χ4v) is 15.6. The molecule has 0 bridgehead atoms. The molecule has 0 saturated carbocycles. The average Bonchev–Trinajstić information content (AvgIpc) is 0.730. The standard InChI is InChI=1S/3C31H29N3O/c1-18-13-15-33-27-23(18)10-12-25-30(27)34(28-19(2)16-22(17-20(28)3)31(4,5)6)29-24(35-25)11-9-21-8-7-14-32-26(21)29;1-18-14-22-10-12-25-30(27(22)33-17-18)34(28-19(2)15-23(16-20(28)3)31(4,5)6)29-24(35-25)11-9-21-8-7-13-32-26(21)29;1-18-16-23(31(4,5)6)17-19(2)28(18)34-29-24(13-11-21-8-7-15-32-26(21)29)35-25-14-12-22-10-9-20(3)33-27(22)30(25)34/h3*7-17H,1-6H3. The third-order valence-corrected chi connectivity index (χ3v) is 20.8. The summed E-state index contributed by atoms with van der Waals surface area (Å²) in [7, 11) is 0. The fourth-order valence-electron chi connectivity index (χ4n) is 15.6. The van der Waals surface area contributed by atoms with Crippen molar-refractivity contribution in [1.82, 2.24) is 29.9 Å². The van der Waals surface area contributed by atoms with Crippen LogP contribution in [0.15, 0.2) is 201 Å². The minimum atomic E-state index is 0.0640. The van der Waals surface area contributed by atoms with Crippen LogP contribution in [-0.2, 0) is 16.2 Å². The molecule has 3 aliphatic heterocycles. The highest BCUT2D eigenvalue weighted by atomic mass is 16.5. The number of rotatable bonds is 3. The molecule has 15 aromatic rings. The van der Waals surface area contributed by atoms with Gasteiger partial charge in [0.15, 0.2) is 34.5 Å². The smallest absolute Gasteiger partial charge is 0.153 e. The Hall–Kier alpha value is -11.8. The summed E-state index contributed by atoms with van der Waals surface area (Å²) < 4.78 is 19.6. The quantitative estimate of drug-likeness (QED) is 0.168. The van der Waals surface area contributed by atoms with Crippen molar-refractivity contribution in [2.75, 3.05) is 14.7 Å². The first-order valence-electron chi connectivity index (χ1n) is 36.3. The minimum Gasteiger partial charge on any atom is -0.453 e. The maximum Gasteiger partial charge on any atom is 0.153 e. The van der Waals surface area contributed by atoms with Crippen molar-refractivity contribution < 1.29 is 14.2 Å². The van der Waals surface area contributed by atoms with E-state index in [0.717, 1.165) is 162 Å². The number of aromatic nitrogens is 6. The van der Waals surface area contributed by atoms with E-state index in [1.165, 1.54) is 55.6 Å². The summed E-state index contributed by atoms with van der Waals surface area (Å²) in [6.45, 7) is 39.8. The molecule has 6 aromatic heterocycles. The number of hydrogen-bond donors (Lipinski definition) is 0. The predicted octanol–water partition coefficient (Wildman–Crippen LogP) is 25.7. The Balaban J connectivity index is 0.000000121. The third-order valence-electron chi connectivity index (χ3n) is 20.8. The first kappa shape index (κ1) is 67.7. The van der Waals surface area contributed by atoms with Crippen LogP contribution in [-0.4, -0.2) is 29.9 Å². The summed E-state index contributed by atoms with van der Waals surface area (Å²) in [5, 5.41) is 6.53. The van der Waals surface area contributed by atoms with Gasteiger partial charge < -0.3 is 14.2 Å². The second kappa shape index (κ2) is 25.3. The van der Waals surface area contributed by atoms with E-state index in [0.29, 0.717) is 0 Å². The molecule has 0 atom stereocenters. The molecular weight excluding hydrogens is 1290 g/mol. The fraction of sp³-hybridized carbons (Fsp3) is 0.226. The van der Waals surface area contributed by atoms with Gasteiger partial charge in [0.2, 0.25) is 0 Å². The molecule has 12 nitrogen and oxygen atoms in total. The highest BCUT2D eigenvalue weighted by Crippen LogP contribution is 2.60. The highest BCUT2D eigenvalue weighted by Gasteiger charge is 2.38. The molecule has 0 saturated heterocycles. The Kier molecular flexibility index (Phi) is 16.3. The van der Waals surface area contributed by atoms with E-state index in [9.17, 15) is 0 Å². The lowest BCUT2D eigenvalue weighted by Gasteiger charge is -2.36. The van der Waals surface area contributed by atoms with Crippen LogP contribution in [0.5, 0.6) is 34.5 Å². The summed E-state index contributed by atoms with van der Waals surface area (Å²) >= 11 is 0. The van der Waals surface area contributed by atoms with Crippen molar-refractivity contribution in [3.05, 3.63) is 268 Å². The molecule has 0 amide bonds. The van der Waals surface area contributed by atoms with Crippen molar-refractivity contribution >= 4 is 117 Å². The molecule has 522 valence electrons. The molecule has 0 unspecified atom stereocenters. The van der Waals surface area contributed by atoms with Gasteiger partial charge in [-0.3, -0.25) is 44.6 Å². The Morgan fingerprint density at radius 1 is 0.267 bits per heavy atom. The lowest BCUT2D eigenvalue weighted by Crippen LogP contribution is -2.20. The summed E-state index contributed by atoms with van der Waals surface area (Å²) in [5.74, 6) is 4.81. The average molecular weight is 1380 g/mol. The van der Waals surface area contributed by atoms with Crippen molar-refractivity contribution in [1.29, 1.82) is 0 Å². The molecule has 12 heteroatoms. The normalized spacial score (nSPS) is 13.0. The maximum atomic E-state index is 6.52. The van der Waals surface area contributed by atoms with Gasteiger partial charge in [0.05, 0.1) is 50.2 Å². The highest BCUT2D eigenvalue weighted by molar-refractivity contribution is 6.12. The molecule has 0 spiro atoms. The van der Waals surface area contributed by atoms with Crippen LogP contribution in [0.2, 0.25) is 0 Å². The molecule has 18 rings (SSSR count). The summed E-state index contributed by atoms with van der Waals surface area (Å²) in [4.78, 5) is 36.2. The van der Waals surface area contributed by atoms with Gasteiger partial charge in [0.1, 0.15) is 34.1 Å². The molecule has 9 heterocycles. The van der Waals surface area contributed by atoms with Gasteiger partial charge >= 0.3 is 0 Å². The van der Waals surface area contributed by atoms with E-state index >= 15 is 0 Å². The second-order valence-corrected chi connectivity index (χ2v) is 31.8. The molecule has 105 heavy (non-hydrogen) atoms. The zero-order chi connectivity index (χ0) is 73.4. The number of anilines is 9. The first-order chi connectivity index (χ1) is 50.2. The summed E-state index contributed by atoms with van der Waals surface area (Å²) in [6, 6.07) is 59.5. The van der Waals surface area contributed by atoms with Crippen LogP contribution in [0.3, 0.4) is 0 Å². The second-order valence-electron chi connectivity index (χ2n) is 31.8. The lowest BCUT2D eigenvalue weighted by molar-refractivity contribution is 0.478. The van der Waals surface area contributed by atoms with E-state index in [1.54, 1.807) is 0 Å². The van der Waals surface area contributed by atoms with Gasteiger partial charge in [0.25, 0.3) is 0 Å². The van der Waals surface area contributed by atoms with Crippen molar-refractivity contribution in [2.45, 2.75) is 141 Å². The lowest BCUT2D eigenvalue weighted by atomic mass is 9.84. The molecule has 0 radical (unpaired) electrons. The first-order valence-corrected chi connectivity index (χ1v) is 36.3. The SMILES string of the molecule is Cc1cc(C(C)(C)C)cc(C)c1N1c2c(ccc3cccnc23)Oc2ccc3c(C)ccnc3c21.Cc1ccc2ccc3c(c2n1)N(c1c(C)cc(C(C)(C)C)cc1C)c1c(ccc2cccnc12)O3.Cc1cnc2c3c(ccc2c1)Oc1ccc2cccnc2c1N3c1c(C)cc(C(C)(C)C)cc1C. The maximum absolute atomic E-state index is 6.52. The Labute approximate surface area is 615 Å². The number of hydrogen-bond acceptors (Lipinski definition) is 12. The zero-order valence-electron chi connectivity index (χ0n) is 63.3. The van der Waals surface area contributed by atoms with Crippen LogP contribution >= 0.6 is 0 Å². The van der Waals surface area contributed by atoms with Crippen molar-refractivity contribution in [2.24, 2.45) is 0 Å². The number of fused-ring (bicyclic) bond motifs is 18. The van der Waals surface area contributed by atoms with E-state index in [2.05, 4.69) is 284 Å². The summed E-state index contributed by atoms with van der Waals surface area (Å²) in [5.41, 5.74) is 29.5. The van der Waals surface area contributed by atoms with Gasteiger partial charge in [-0.1, -0.05) is 123 Å². The predicted molar refractivity (Wildman–Crippen MR) is 434 cm³/mol. The van der Waals surface area contributed by atoms with E-state index in [1.807, 2.05) is 56.1 Å². The Morgan fingerprint density at radius 3 is 0.943 bits per heavy atom. The monoisotopic (exact) mass is 1380 g/mol. The van der Waals surface area contributed by atoms with Crippen LogP contribution in [0.25, 0.3) is 65.4 Å². The minimum absolute atomic E-state index is 0.0640. The van der Waals surface area contributed by atoms with Gasteiger partial charge in [-0.05, 0) is 249 Å². The third kappa shape index (κ3) is 11.7. The van der Waals surface area contributed by atoms with E-state index in [-0.39, 0.29) is 16.2 Å². The van der Waals surface area contributed by atoms with Gasteiger partial charge in [-0.2, -0.15) is 0 Å². The van der Waals surface area contributed by atoms with Crippen LogP contribution in [0, 0.1) is 62.3 Å². The number of benzene rings is 9. The molecule has 0 aliphatic carbocycles. The van der Waals surface area contributed by atoms with E-state index in [4.69, 9.17) is 44.1 Å². The van der Waals surface area contributed by atoms with Crippen LogP contribution in [0.4, 0.5) is 51.2 Å². The topological polar surface area (TPSA) is 115 Å². The summed E-state index contributed by atoms with van der Waals surface area (Å²) in [6.07, 6.45) is 9.37. The largest absolute Gasteiger partial charge is 0.453 e. The number of pyridine rings is 6. The van der Waals surface area contributed by atoms with Crippen LogP contribution in [0.1, 0.15) is 129 Å². The zero-order valence-corrected chi connectivity index (χ0v) is 63.3. The van der Waals surface area contributed by atoms with Crippen molar-refractivity contribution in [3.8, 4) is 34.5 Å². The molecule has 0 fully saturated rings. The van der Waals surface area contributed by atoms with E-state index < -0.39 is 0 Å². The number of ether oxygens (including phenoxy) is 3. The van der Waals surface area contributed by atoms with Crippen molar-refractivity contribution in [3.63, 3.8) is 0 Å². The molecule has 9 aromatic carbocycles. The Morgan fingerprint density at radius 2 is 0.571 bits per heavy atom.